The summed E-state index contributed by atoms with van der Waals surface area (Å²) in [6.45, 7) is 4.82. The van der Waals surface area contributed by atoms with E-state index in [4.69, 9.17) is 0 Å². The number of likely N-dealkylation sites (N-methyl/N-ethyl adjacent to an activating group) is 1. The molecule has 1 aromatic heterocycles. The van der Waals surface area contributed by atoms with E-state index in [1.54, 1.807) is 0 Å². The zero-order valence-corrected chi connectivity index (χ0v) is 14.4. The number of carbonyl (C=O) groups is 1. The number of aromatic nitrogens is 3. The molecule has 1 unspecified atom stereocenters. The quantitative estimate of drug-likeness (QED) is 0.843. The first-order chi connectivity index (χ1) is 11.7. The monoisotopic (exact) mass is 325 g/mol. The van der Waals surface area contributed by atoms with Gasteiger partial charge in [-0.15, -0.1) is 5.10 Å². The van der Waals surface area contributed by atoms with E-state index < -0.39 is 0 Å². The van der Waals surface area contributed by atoms with E-state index in [0.29, 0.717) is 12.5 Å². The summed E-state index contributed by atoms with van der Waals surface area (Å²) in [7, 11) is 1.87. The molecular formula is C18H23N5O. The molecule has 0 aliphatic carbocycles. The van der Waals surface area contributed by atoms with Gasteiger partial charge in [0.15, 0.2) is 0 Å². The molecule has 1 fully saturated rings. The predicted octanol–water partition coefficient (Wildman–Crippen LogP) is 2.24. The van der Waals surface area contributed by atoms with Crippen molar-refractivity contribution in [2.24, 2.45) is 0 Å². The highest BCUT2D eigenvalue weighted by Crippen LogP contribution is 2.25. The largest absolute Gasteiger partial charge is 0.330 e. The molecule has 0 N–H and O–H groups in total. The van der Waals surface area contributed by atoms with Crippen LogP contribution in [0.5, 0.6) is 0 Å². The van der Waals surface area contributed by atoms with Crippen LogP contribution in [0.4, 0.5) is 11.6 Å². The van der Waals surface area contributed by atoms with Crippen LogP contribution >= 0.6 is 0 Å². The summed E-state index contributed by atoms with van der Waals surface area (Å²) in [6, 6.07) is 9.53. The normalized spacial score (nSPS) is 17.4. The van der Waals surface area contributed by atoms with Gasteiger partial charge in [0.25, 0.3) is 0 Å². The number of benzene rings is 1. The number of aryl methyl sites for hydroxylation is 2. The van der Waals surface area contributed by atoms with Crippen molar-refractivity contribution in [3.05, 3.63) is 41.7 Å². The molecule has 1 aromatic carbocycles. The fourth-order valence-corrected chi connectivity index (χ4v) is 3.11. The van der Waals surface area contributed by atoms with Crippen LogP contribution in [0.1, 0.15) is 31.7 Å². The van der Waals surface area contributed by atoms with Crippen LogP contribution in [-0.2, 0) is 17.6 Å². The molecule has 1 atom stereocenters. The molecule has 1 amide bonds. The van der Waals surface area contributed by atoms with Crippen molar-refractivity contribution >= 4 is 17.5 Å². The van der Waals surface area contributed by atoms with Crippen molar-refractivity contribution in [2.45, 2.75) is 39.2 Å². The highest BCUT2D eigenvalue weighted by molar-refractivity contribution is 6.01. The lowest BCUT2D eigenvalue weighted by atomic mass is 10.2. The first-order valence-electron chi connectivity index (χ1n) is 8.47. The predicted molar refractivity (Wildman–Crippen MR) is 94.2 cm³/mol. The molecule has 3 rings (SSSR count). The number of hydrogen-bond acceptors (Lipinski definition) is 5. The lowest BCUT2D eigenvalue weighted by molar-refractivity contribution is -0.118. The van der Waals surface area contributed by atoms with Crippen LogP contribution in [0.15, 0.2) is 30.3 Å². The van der Waals surface area contributed by atoms with Crippen molar-refractivity contribution in [3.8, 4) is 0 Å². The van der Waals surface area contributed by atoms with Crippen LogP contribution < -0.4 is 9.80 Å². The van der Waals surface area contributed by atoms with Crippen LogP contribution in [0, 0.1) is 0 Å². The van der Waals surface area contributed by atoms with Gasteiger partial charge in [-0.25, -0.2) is 4.98 Å². The smallest absolute Gasteiger partial charge is 0.249 e. The minimum Gasteiger partial charge on any atom is -0.330 e. The lowest BCUT2D eigenvalue weighted by Crippen LogP contribution is -2.40. The summed E-state index contributed by atoms with van der Waals surface area (Å²) in [6.07, 6.45) is 2.39. The number of para-hydroxylation sites is 1. The van der Waals surface area contributed by atoms with Gasteiger partial charge >= 0.3 is 0 Å². The summed E-state index contributed by atoms with van der Waals surface area (Å²) in [5.41, 5.74) is 2.83. The standard InChI is InChI=1S/C18H23N5O/c1-4-14-15(5-2)20-21-18(19-14)22(3)16-11-12-23(17(16)24)13-9-7-6-8-10-13/h6-10,16H,4-5,11-12H2,1-3H3. The molecule has 24 heavy (non-hydrogen) atoms. The molecule has 2 aromatic rings. The van der Waals surface area contributed by atoms with E-state index in [1.807, 2.05) is 54.1 Å². The molecule has 0 bridgehead atoms. The van der Waals surface area contributed by atoms with E-state index in [-0.39, 0.29) is 11.9 Å². The van der Waals surface area contributed by atoms with Gasteiger partial charge in [0.2, 0.25) is 11.9 Å². The molecule has 1 aliphatic heterocycles. The number of rotatable bonds is 5. The number of carbonyl (C=O) groups excluding carboxylic acids is 1. The molecule has 0 spiro atoms. The van der Waals surface area contributed by atoms with Gasteiger partial charge in [-0.1, -0.05) is 32.0 Å². The topological polar surface area (TPSA) is 62.2 Å². The van der Waals surface area contributed by atoms with Crippen molar-refractivity contribution in [1.82, 2.24) is 15.2 Å². The van der Waals surface area contributed by atoms with Gasteiger partial charge in [-0.2, -0.15) is 5.10 Å². The average molecular weight is 325 g/mol. The lowest BCUT2D eigenvalue weighted by Gasteiger charge is -2.24. The molecule has 2 heterocycles. The molecule has 0 radical (unpaired) electrons. The van der Waals surface area contributed by atoms with Gasteiger partial charge in [-0.05, 0) is 31.4 Å². The van der Waals surface area contributed by atoms with Gasteiger partial charge in [-0.3, -0.25) is 4.79 Å². The van der Waals surface area contributed by atoms with Gasteiger partial charge in [0, 0.05) is 19.3 Å². The highest BCUT2D eigenvalue weighted by Gasteiger charge is 2.36. The third-order valence-corrected chi connectivity index (χ3v) is 4.53. The molecular weight excluding hydrogens is 302 g/mol. The van der Waals surface area contributed by atoms with E-state index in [1.165, 1.54) is 0 Å². The number of nitrogens with zero attached hydrogens (tertiary/aromatic N) is 5. The zero-order valence-electron chi connectivity index (χ0n) is 14.4. The summed E-state index contributed by atoms with van der Waals surface area (Å²) in [4.78, 5) is 21.1. The molecule has 1 aliphatic rings. The molecule has 6 nitrogen and oxygen atoms in total. The SMILES string of the molecule is CCc1nnc(N(C)C2CCN(c3ccccc3)C2=O)nc1CC. The Morgan fingerprint density at radius 3 is 2.50 bits per heavy atom. The molecule has 1 saturated heterocycles. The van der Waals surface area contributed by atoms with Crippen LogP contribution in [0.3, 0.4) is 0 Å². The highest BCUT2D eigenvalue weighted by atomic mass is 16.2. The first kappa shape index (κ1) is 16.4. The van der Waals surface area contributed by atoms with Crippen molar-refractivity contribution in [1.29, 1.82) is 0 Å². The Hall–Kier alpha value is -2.50. The summed E-state index contributed by atoms with van der Waals surface area (Å²) >= 11 is 0. The van der Waals surface area contributed by atoms with Crippen molar-refractivity contribution in [3.63, 3.8) is 0 Å². The Bertz CT molecular complexity index is 719. The van der Waals surface area contributed by atoms with Crippen LogP contribution in [0.2, 0.25) is 0 Å². The zero-order chi connectivity index (χ0) is 17.1. The second-order valence-electron chi connectivity index (χ2n) is 5.95. The van der Waals surface area contributed by atoms with E-state index in [0.717, 1.165) is 36.3 Å². The van der Waals surface area contributed by atoms with Crippen LogP contribution in [0.25, 0.3) is 0 Å². The van der Waals surface area contributed by atoms with Gasteiger partial charge in [0.1, 0.15) is 6.04 Å². The summed E-state index contributed by atoms with van der Waals surface area (Å²) in [5, 5.41) is 8.51. The molecule has 0 saturated carbocycles. The molecule has 126 valence electrons. The minimum atomic E-state index is -0.246. The summed E-state index contributed by atoms with van der Waals surface area (Å²) in [5.74, 6) is 0.613. The van der Waals surface area contributed by atoms with Crippen molar-refractivity contribution < 1.29 is 4.79 Å². The number of amides is 1. The van der Waals surface area contributed by atoms with Crippen molar-refractivity contribution in [2.75, 3.05) is 23.4 Å². The molecule has 6 heteroatoms. The minimum absolute atomic E-state index is 0.0879. The Labute approximate surface area is 142 Å². The Kier molecular flexibility index (Phi) is 4.74. The third-order valence-electron chi connectivity index (χ3n) is 4.53. The fraction of sp³-hybridized carbons (Fsp3) is 0.444. The van der Waals surface area contributed by atoms with Crippen LogP contribution in [-0.4, -0.2) is 40.7 Å². The van der Waals surface area contributed by atoms with E-state index >= 15 is 0 Å². The second-order valence-corrected chi connectivity index (χ2v) is 5.95. The maximum atomic E-state index is 12.8. The van der Waals surface area contributed by atoms with E-state index in [2.05, 4.69) is 22.1 Å². The van der Waals surface area contributed by atoms with Gasteiger partial charge in [0.05, 0.1) is 11.4 Å². The maximum Gasteiger partial charge on any atom is 0.249 e. The first-order valence-corrected chi connectivity index (χ1v) is 8.47. The summed E-state index contributed by atoms with van der Waals surface area (Å²) < 4.78 is 0. The number of anilines is 2. The van der Waals surface area contributed by atoms with E-state index in [9.17, 15) is 4.79 Å². The third kappa shape index (κ3) is 2.96. The maximum absolute atomic E-state index is 12.8. The Balaban J connectivity index is 1.81. The second kappa shape index (κ2) is 6.95. The number of hydrogen-bond donors (Lipinski definition) is 0. The Morgan fingerprint density at radius 2 is 1.83 bits per heavy atom. The van der Waals surface area contributed by atoms with Gasteiger partial charge < -0.3 is 9.80 Å². The average Bonchev–Trinajstić information content (AvgIpc) is 3.02. The fourth-order valence-electron chi connectivity index (χ4n) is 3.11. The Morgan fingerprint density at radius 1 is 1.12 bits per heavy atom.